The smallest absolute Gasteiger partial charge is 0.339 e. The quantitative estimate of drug-likeness (QED) is 0.0528. The summed E-state index contributed by atoms with van der Waals surface area (Å²) in [6.07, 6.45) is 1.42. The van der Waals surface area contributed by atoms with E-state index in [9.17, 15) is 13.2 Å². The predicted molar refractivity (Wildman–Crippen MR) is 149 cm³/mol. The van der Waals surface area contributed by atoms with Crippen molar-refractivity contribution in [3.8, 4) is 11.5 Å². The Bertz CT molecular complexity index is 1660. The Morgan fingerprint density at radius 1 is 0.897 bits per heavy atom. The fourth-order valence-electron chi connectivity index (χ4n) is 3.64. The first-order valence-corrected chi connectivity index (χ1v) is 13.4. The molecule has 0 radical (unpaired) electrons. The molecule has 8 nitrogen and oxygen atoms in total. The summed E-state index contributed by atoms with van der Waals surface area (Å²) >= 11 is 0. The maximum absolute atomic E-state index is 13.4. The van der Waals surface area contributed by atoms with Crippen LogP contribution >= 0.6 is 0 Å². The van der Waals surface area contributed by atoms with Gasteiger partial charge in [0.25, 0.3) is 0 Å². The van der Waals surface area contributed by atoms with Crippen molar-refractivity contribution >= 4 is 22.0 Å². The lowest BCUT2D eigenvalue weighted by atomic mass is 10.0. The molecule has 4 aromatic rings. The number of Topliss-reactive ketones (excluding diaryl/α,β-unsaturated/α-hetero) is 1. The van der Waals surface area contributed by atoms with Gasteiger partial charge in [-0.1, -0.05) is 71.3 Å². The van der Waals surface area contributed by atoms with Gasteiger partial charge in [-0.3, -0.25) is 4.79 Å². The molecule has 0 heterocycles. The Hall–Kier alpha value is -4.85. The number of hydrogen-bond donors (Lipinski definition) is 0. The van der Waals surface area contributed by atoms with Crippen molar-refractivity contribution < 1.29 is 22.1 Å². The average molecular weight is 540 g/mol. The number of rotatable bonds is 10. The molecule has 0 bridgehead atoms. The van der Waals surface area contributed by atoms with Crippen molar-refractivity contribution in [3.05, 3.63) is 141 Å². The van der Waals surface area contributed by atoms with Crippen LogP contribution in [0.2, 0.25) is 0 Å². The van der Waals surface area contributed by atoms with Crippen LogP contribution in [0.15, 0.2) is 113 Å². The second-order valence-electron chi connectivity index (χ2n) is 8.74. The molecule has 4 rings (SSSR count). The van der Waals surface area contributed by atoms with E-state index in [1.54, 1.807) is 49.4 Å². The number of hydrogen-bond acceptors (Lipinski definition) is 6. The molecular formula is C30H25N3O5S. The second-order valence-corrected chi connectivity index (χ2v) is 10.3. The Morgan fingerprint density at radius 3 is 2.23 bits per heavy atom. The van der Waals surface area contributed by atoms with E-state index in [0.717, 1.165) is 11.1 Å². The molecule has 0 unspecified atom stereocenters. The average Bonchev–Trinajstić information content (AvgIpc) is 2.93. The minimum absolute atomic E-state index is 0.0478. The molecule has 0 spiro atoms. The van der Waals surface area contributed by atoms with Crippen molar-refractivity contribution in [2.75, 3.05) is 0 Å². The Balaban J connectivity index is 1.59. The number of aryl methyl sites for hydroxylation is 2. The molecule has 196 valence electrons. The highest BCUT2D eigenvalue weighted by Gasteiger charge is 2.23. The van der Waals surface area contributed by atoms with E-state index in [0.29, 0.717) is 23.5 Å². The van der Waals surface area contributed by atoms with Crippen molar-refractivity contribution in [2.24, 2.45) is 5.11 Å². The van der Waals surface area contributed by atoms with Gasteiger partial charge in [0.15, 0.2) is 11.5 Å². The third-order valence-electron chi connectivity index (χ3n) is 5.71. The molecule has 4 aromatic carbocycles. The number of nitrogens with zero attached hydrogens (tertiary/aromatic N) is 3. The standard InChI is InChI=1S/C30H25N3O5S/c1-21-8-15-26(16-9-21)39(35,36)38-29-18-22(2)10-17-27(29)30(34)28(32-33-31)19-23-11-13-25(14-12-23)37-20-24-6-4-3-5-7-24/h3-19H,20H2,1-2H3/b28-19-. The van der Waals surface area contributed by atoms with E-state index in [-0.39, 0.29) is 21.9 Å². The van der Waals surface area contributed by atoms with E-state index in [2.05, 4.69) is 10.0 Å². The van der Waals surface area contributed by atoms with Crippen LogP contribution in [-0.2, 0) is 16.7 Å². The van der Waals surface area contributed by atoms with Gasteiger partial charge in [0.05, 0.1) is 11.3 Å². The van der Waals surface area contributed by atoms with Crippen LogP contribution in [-0.4, -0.2) is 14.2 Å². The van der Waals surface area contributed by atoms with Crippen LogP contribution in [0.1, 0.15) is 32.6 Å². The van der Waals surface area contributed by atoms with Crippen molar-refractivity contribution in [3.63, 3.8) is 0 Å². The summed E-state index contributed by atoms with van der Waals surface area (Å²) in [6.45, 7) is 3.98. The predicted octanol–water partition coefficient (Wildman–Crippen LogP) is 7.18. The van der Waals surface area contributed by atoms with E-state index in [1.807, 2.05) is 37.3 Å². The molecule has 0 N–H and O–H groups in total. The summed E-state index contributed by atoms with van der Waals surface area (Å²) in [6, 6.07) is 27.3. The summed E-state index contributed by atoms with van der Waals surface area (Å²) in [5, 5.41) is 3.58. The lowest BCUT2D eigenvalue weighted by molar-refractivity contribution is 0.103. The largest absolute Gasteiger partial charge is 0.489 e. The summed E-state index contributed by atoms with van der Waals surface area (Å²) in [5.41, 5.74) is 12.0. The molecule has 39 heavy (non-hydrogen) atoms. The van der Waals surface area contributed by atoms with Crippen molar-refractivity contribution in [2.45, 2.75) is 25.3 Å². The van der Waals surface area contributed by atoms with Crippen LogP contribution in [0.4, 0.5) is 0 Å². The summed E-state index contributed by atoms with van der Waals surface area (Å²) < 4.78 is 37.0. The Morgan fingerprint density at radius 2 is 1.56 bits per heavy atom. The first-order valence-electron chi connectivity index (χ1n) is 12.0. The molecule has 9 heteroatoms. The zero-order valence-electron chi connectivity index (χ0n) is 21.3. The van der Waals surface area contributed by atoms with Gasteiger partial charge in [-0.2, -0.15) is 8.42 Å². The van der Waals surface area contributed by atoms with Gasteiger partial charge < -0.3 is 8.92 Å². The van der Waals surface area contributed by atoms with Crippen LogP contribution in [0.25, 0.3) is 16.5 Å². The Labute approximate surface area is 226 Å². The van der Waals surface area contributed by atoms with Crippen molar-refractivity contribution in [1.29, 1.82) is 0 Å². The molecule has 0 aliphatic rings. The maximum atomic E-state index is 13.4. The van der Waals surface area contributed by atoms with Crippen LogP contribution in [0, 0.1) is 13.8 Å². The third-order valence-corrected chi connectivity index (χ3v) is 6.96. The zero-order valence-corrected chi connectivity index (χ0v) is 22.1. The van der Waals surface area contributed by atoms with Gasteiger partial charge in [0, 0.05) is 4.91 Å². The SMILES string of the molecule is Cc1ccc(S(=O)(=O)Oc2cc(C)ccc2C(=O)/C(=C/c2ccc(OCc3ccccc3)cc2)N=[N+]=[N-])cc1. The first-order chi connectivity index (χ1) is 18.7. The number of ether oxygens (including phenoxy) is 1. The molecular weight excluding hydrogens is 514 g/mol. The molecule has 0 saturated carbocycles. The summed E-state index contributed by atoms with van der Waals surface area (Å²) in [5.74, 6) is -0.223. The van der Waals surface area contributed by atoms with Gasteiger partial charge in [-0.25, -0.2) is 0 Å². The summed E-state index contributed by atoms with van der Waals surface area (Å²) in [4.78, 5) is 16.2. The number of ketones is 1. The lowest BCUT2D eigenvalue weighted by Crippen LogP contribution is -2.13. The van der Waals surface area contributed by atoms with E-state index >= 15 is 0 Å². The summed E-state index contributed by atoms with van der Waals surface area (Å²) in [7, 11) is -4.22. The minimum atomic E-state index is -4.22. The molecule has 0 aromatic heterocycles. The number of azide groups is 1. The first kappa shape index (κ1) is 27.2. The Kier molecular flexibility index (Phi) is 8.46. The van der Waals surface area contributed by atoms with Gasteiger partial charge in [-0.15, -0.1) is 0 Å². The second kappa shape index (κ2) is 12.1. The van der Waals surface area contributed by atoms with Crippen LogP contribution in [0.5, 0.6) is 11.5 Å². The zero-order chi connectivity index (χ0) is 27.8. The lowest BCUT2D eigenvalue weighted by Gasteiger charge is -2.12. The highest BCUT2D eigenvalue weighted by Crippen LogP contribution is 2.28. The van der Waals surface area contributed by atoms with E-state index in [4.69, 9.17) is 14.5 Å². The molecule has 0 amide bonds. The van der Waals surface area contributed by atoms with E-state index < -0.39 is 15.9 Å². The normalized spacial score (nSPS) is 11.4. The molecule has 0 saturated heterocycles. The van der Waals surface area contributed by atoms with E-state index in [1.165, 1.54) is 30.3 Å². The van der Waals surface area contributed by atoms with Gasteiger partial charge >= 0.3 is 10.1 Å². The van der Waals surface area contributed by atoms with Gasteiger partial charge in [0.1, 0.15) is 17.3 Å². The molecule has 0 fully saturated rings. The fraction of sp³-hybridized carbons (Fsp3) is 0.100. The molecule has 0 aliphatic carbocycles. The fourth-order valence-corrected chi connectivity index (χ4v) is 4.58. The maximum Gasteiger partial charge on any atom is 0.339 e. The molecule has 0 atom stereocenters. The van der Waals surface area contributed by atoms with Gasteiger partial charge in [0.2, 0.25) is 0 Å². The van der Waals surface area contributed by atoms with Crippen LogP contribution < -0.4 is 8.92 Å². The monoisotopic (exact) mass is 539 g/mol. The number of allylic oxidation sites excluding steroid dienone is 1. The highest BCUT2D eigenvalue weighted by atomic mass is 32.2. The highest BCUT2D eigenvalue weighted by molar-refractivity contribution is 7.87. The van der Waals surface area contributed by atoms with Crippen molar-refractivity contribution in [1.82, 2.24) is 0 Å². The third kappa shape index (κ3) is 7.13. The molecule has 0 aliphatic heterocycles. The minimum Gasteiger partial charge on any atom is -0.489 e. The number of benzene rings is 4. The van der Waals surface area contributed by atoms with Gasteiger partial charge in [-0.05, 0) is 78.5 Å². The number of carbonyl (C=O) groups is 1. The van der Waals surface area contributed by atoms with Crippen LogP contribution in [0.3, 0.4) is 0 Å². The number of carbonyl (C=O) groups excluding carboxylic acids is 1. The topological polar surface area (TPSA) is 118 Å².